The summed E-state index contributed by atoms with van der Waals surface area (Å²) in [4.78, 5) is 2.48. The largest absolute Gasteiger partial charge is 0.494 e. The highest BCUT2D eigenvalue weighted by molar-refractivity contribution is 6.31. The first-order chi connectivity index (χ1) is 14.3. The Morgan fingerprint density at radius 3 is 2.77 bits per heavy atom. The van der Waals surface area contributed by atoms with Gasteiger partial charge in [-0.15, -0.1) is 0 Å². The summed E-state index contributed by atoms with van der Waals surface area (Å²) in [6.07, 6.45) is 3.26. The van der Waals surface area contributed by atoms with Gasteiger partial charge in [-0.05, 0) is 68.3 Å². The van der Waals surface area contributed by atoms with Crippen LogP contribution in [-0.2, 0) is 18.6 Å². The van der Waals surface area contributed by atoms with Crippen LogP contribution in [0.2, 0.25) is 5.02 Å². The predicted molar refractivity (Wildman–Crippen MR) is 117 cm³/mol. The summed E-state index contributed by atoms with van der Waals surface area (Å²) < 4.78 is 21.6. The number of fused-ring (bicyclic) bond motifs is 6. The van der Waals surface area contributed by atoms with Crippen molar-refractivity contribution in [2.45, 2.75) is 50.4 Å². The highest BCUT2D eigenvalue weighted by Crippen LogP contribution is 2.47. The molecular formula is C24H26ClFN2O2. The highest BCUT2D eigenvalue weighted by atomic mass is 35.5. The van der Waals surface area contributed by atoms with Crippen LogP contribution >= 0.6 is 11.6 Å². The number of ether oxygens (including phenoxy) is 1. The van der Waals surface area contributed by atoms with E-state index in [1.54, 1.807) is 19.1 Å². The Morgan fingerprint density at radius 2 is 2.03 bits per heavy atom. The molecule has 158 valence electrons. The smallest absolute Gasteiger partial charge is 0.165 e. The Kier molecular flexibility index (Phi) is 4.62. The third kappa shape index (κ3) is 2.95. The van der Waals surface area contributed by atoms with Gasteiger partial charge < -0.3 is 14.4 Å². The summed E-state index contributed by atoms with van der Waals surface area (Å²) in [6.45, 7) is 2.08. The van der Waals surface area contributed by atoms with Gasteiger partial charge in [0.25, 0.3) is 0 Å². The van der Waals surface area contributed by atoms with Crippen LogP contribution in [0.1, 0.15) is 42.6 Å². The van der Waals surface area contributed by atoms with Gasteiger partial charge in [-0.3, -0.25) is 4.90 Å². The van der Waals surface area contributed by atoms with Gasteiger partial charge in [0.2, 0.25) is 0 Å². The first kappa shape index (κ1) is 19.9. The minimum atomic E-state index is -1.24. The minimum Gasteiger partial charge on any atom is -0.494 e. The van der Waals surface area contributed by atoms with Crippen LogP contribution in [0.15, 0.2) is 36.4 Å². The van der Waals surface area contributed by atoms with E-state index in [2.05, 4.69) is 16.5 Å². The number of methoxy groups -OCH3 is 1. The number of benzene rings is 2. The van der Waals surface area contributed by atoms with E-state index in [1.807, 2.05) is 18.2 Å². The summed E-state index contributed by atoms with van der Waals surface area (Å²) in [5, 5.41) is 13.3. The molecule has 0 saturated carbocycles. The molecule has 3 heterocycles. The first-order valence-corrected chi connectivity index (χ1v) is 10.8. The highest BCUT2D eigenvalue weighted by Gasteiger charge is 2.41. The van der Waals surface area contributed by atoms with E-state index in [9.17, 15) is 9.50 Å². The quantitative estimate of drug-likeness (QED) is 0.632. The number of halogens is 2. The molecule has 3 aromatic rings. The molecule has 3 atom stereocenters. The van der Waals surface area contributed by atoms with Gasteiger partial charge in [-0.2, -0.15) is 0 Å². The molecule has 4 nitrogen and oxygen atoms in total. The second kappa shape index (κ2) is 6.98. The molecule has 0 amide bonds. The summed E-state index contributed by atoms with van der Waals surface area (Å²) in [7, 11) is 3.64. The number of aliphatic hydroxyl groups is 1. The van der Waals surface area contributed by atoms with Gasteiger partial charge in [0.15, 0.2) is 11.6 Å². The summed E-state index contributed by atoms with van der Waals surface area (Å²) >= 11 is 6.36. The van der Waals surface area contributed by atoms with E-state index in [-0.39, 0.29) is 5.75 Å². The lowest BCUT2D eigenvalue weighted by Crippen LogP contribution is -2.36. The second-order valence-electron chi connectivity index (χ2n) is 8.85. The fourth-order valence-electron chi connectivity index (χ4n) is 5.41. The van der Waals surface area contributed by atoms with Gasteiger partial charge in [-0.1, -0.05) is 17.7 Å². The van der Waals surface area contributed by atoms with E-state index in [4.69, 9.17) is 16.3 Å². The normalized spacial score (nSPS) is 22.9. The number of nitrogens with zero attached hydrogens (tertiary/aromatic N) is 2. The Bertz CT molecular complexity index is 1140. The lowest BCUT2D eigenvalue weighted by Gasteiger charge is -2.33. The number of hydrogen-bond acceptors (Lipinski definition) is 3. The van der Waals surface area contributed by atoms with Crippen LogP contribution in [0.5, 0.6) is 5.75 Å². The average Bonchev–Trinajstić information content (AvgIpc) is 3.11. The monoisotopic (exact) mass is 428 g/mol. The third-order valence-electron chi connectivity index (χ3n) is 7.02. The fraction of sp³-hybridized carbons (Fsp3) is 0.417. The molecule has 2 aliphatic heterocycles. The summed E-state index contributed by atoms with van der Waals surface area (Å²) in [5.74, 6) is -0.297. The van der Waals surface area contributed by atoms with Crippen LogP contribution < -0.4 is 4.74 Å². The summed E-state index contributed by atoms with van der Waals surface area (Å²) in [5.41, 5.74) is 2.96. The second-order valence-corrected chi connectivity index (χ2v) is 9.28. The SMILES string of the molecule is COc1ccc(C(C)(O)Cn2c3c(c4cc(Cl)ccc42)C2CCC(C3)N2C)cc1F. The Hall–Kier alpha value is -2.08. The van der Waals surface area contributed by atoms with E-state index in [1.165, 1.54) is 30.9 Å². The maximum absolute atomic E-state index is 14.3. The third-order valence-corrected chi connectivity index (χ3v) is 7.25. The van der Waals surface area contributed by atoms with Gasteiger partial charge in [0, 0.05) is 40.1 Å². The zero-order valence-electron chi connectivity index (χ0n) is 17.5. The topological polar surface area (TPSA) is 37.6 Å². The molecular weight excluding hydrogens is 403 g/mol. The van der Waals surface area contributed by atoms with E-state index >= 15 is 0 Å². The Balaban J connectivity index is 1.63. The molecule has 30 heavy (non-hydrogen) atoms. The van der Waals surface area contributed by atoms with Gasteiger partial charge in [-0.25, -0.2) is 4.39 Å². The van der Waals surface area contributed by atoms with Crippen LogP contribution in [-0.4, -0.2) is 34.8 Å². The number of rotatable bonds is 4. The van der Waals surface area contributed by atoms with Crippen molar-refractivity contribution >= 4 is 22.5 Å². The average molecular weight is 429 g/mol. The maximum Gasteiger partial charge on any atom is 0.165 e. The fourth-order valence-corrected chi connectivity index (χ4v) is 5.58. The molecule has 2 bridgehead atoms. The lowest BCUT2D eigenvalue weighted by molar-refractivity contribution is 0.0378. The standard InChI is InChI=1S/C24H26ClFN2O2/c1-24(29,14-4-9-22(30-3)18(26)10-14)13-28-19-7-5-15(25)11-17(19)23-20-8-6-16(27(20)2)12-21(23)28/h4-5,7,9-11,16,20,29H,6,8,12-13H2,1-3H3. The number of hydrogen-bond donors (Lipinski definition) is 1. The number of likely N-dealkylation sites (N-methyl/N-ethyl adjacent to an activating group) is 1. The van der Waals surface area contributed by atoms with Crippen molar-refractivity contribution in [2.75, 3.05) is 14.2 Å². The summed E-state index contributed by atoms with van der Waals surface area (Å²) in [6, 6.07) is 11.5. The van der Waals surface area contributed by atoms with E-state index in [0.717, 1.165) is 23.7 Å². The van der Waals surface area contributed by atoms with Crippen molar-refractivity contribution in [1.82, 2.24) is 9.47 Å². The zero-order chi connectivity index (χ0) is 21.2. The molecule has 0 aliphatic carbocycles. The molecule has 3 unspecified atom stereocenters. The van der Waals surface area contributed by atoms with Crippen LogP contribution in [0, 0.1) is 5.82 Å². The molecule has 1 aromatic heterocycles. The predicted octanol–water partition coefficient (Wildman–Crippen LogP) is 5.04. The maximum atomic E-state index is 14.3. The molecule has 2 aliphatic rings. The molecule has 0 spiro atoms. The first-order valence-electron chi connectivity index (χ1n) is 10.4. The van der Waals surface area contributed by atoms with Crippen molar-refractivity contribution in [1.29, 1.82) is 0 Å². The van der Waals surface area contributed by atoms with Gasteiger partial charge in [0.05, 0.1) is 13.7 Å². The molecule has 1 saturated heterocycles. The molecule has 1 N–H and O–H groups in total. The van der Waals surface area contributed by atoms with Crippen LogP contribution in [0.4, 0.5) is 4.39 Å². The molecule has 6 heteroatoms. The van der Waals surface area contributed by atoms with Crippen molar-refractivity contribution < 1.29 is 14.2 Å². The molecule has 0 radical (unpaired) electrons. The number of aromatic nitrogens is 1. The van der Waals surface area contributed by atoms with Crippen molar-refractivity contribution in [2.24, 2.45) is 0 Å². The van der Waals surface area contributed by atoms with Crippen LogP contribution in [0.3, 0.4) is 0 Å². The van der Waals surface area contributed by atoms with E-state index < -0.39 is 11.4 Å². The van der Waals surface area contributed by atoms with Gasteiger partial charge in [0.1, 0.15) is 5.60 Å². The van der Waals surface area contributed by atoms with Crippen molar-refractivity contribution in [3.63, 3.8) is 0 Å². The van der Waals surface area contributed by atoms with E-state index in [0.29, 0.717) is 29.2 Å². The zero-order valence-corrected chi connectivity index (χ0v) is 18.2. The molecule has 2 aromatic carbocycles. The molecule has 5 rings (SSSR count). The minimum absolute atomic E-state index is 0.174. The van der Waals surface area contributed by atoms with Gasteiger partial charge >= 0.3 is 0 Å². The molecule has 1 fully saturated rings. The lowest BCUT2D eigenvalue weighted by atomic mass is 9.94. The van der Waals surface area contributed by atoms with Crippen LogP contribution in [0.25, 0.3) is 10.9 Å². The van der Waals surface area contributed by atoms with Crippen molar-refractivity contribution in [3.8, 4) is 5.75 Å². The Morgan fingerprint density at radius 1 is 1.23 bits per heavy atom. The van der Waals surface area contributed by atoms with Crippen molar-refractivity contribution in [3.05, 3.63) is 64.1 Å². The Labute approximate surface area is 180 Å².